The number of anilines is 1. The van der Waals surface area contributed by atoms with Crippen molar-refractivity contribution in [1.29, 1.82) is 0 Å². The van der Waals surface area contributed by atoms with E-state index in [-0.39, 0.29) is 0 Å². The van der Waals surface area contributed by atoms with E-state index in [2.05, 4.69) is 31.2 Å². The van der Waals surface area contributed by atoms with Gasteiger partial charge in [-0.1, -0.05) is 22.0 Å². The number of methoxy groups -OCH3 is 2. The number of benzene rings is 1. The van der Waals surface area contributed by atoms with E-state index in [1.807, 2.05) is 25.1 Å². The molecule has 0 saturated carbocycles. The third kappa shape index (κ3) is 3.19. The van der Waals surface area contributed by atoms with Crippen LogP contribution in [0.5, 0.6) is 11.8 Å². The van der Waals surface area contributed by atoms with Crippen LogP contribution in [0.15, 0.2) is 29.0 Å². The second-order valence-corrected chi connectivity index (χ2v) is 5.04. The molecule has 0 bridgehead atoms. The number of nitrogens with one attached hydrogen (secondary N) is 1. The summed E-state index contributed by atoms with van der Waals surface area (Å²) in [6, 6.07) is 6.09. The average Bonchev–Trinajstić information content (AvgIpc) is 2.48. The molecule has 0 atom stereocenters. The van der Waals surface area contributed by atoms with Crippen LogP contribution in [0.2, 0.25) is 0 Å². The van der Waals surface area contributed by atoms with Crippen molar-refractivity contribution < 1.29 is 9.47 Å². The molecule has 0 amide bonds. The Bertz CT molecular complexity index is 583. The van der Waals surface area contributed by atoms with Gasteiger partial charge in [-0.25, -0.2) is 9.97 Å². The molecule has 0 saturated heterocycles. The number of hydrogen-bond donors (Lipinski definition) is 1. The molecule has 0 unspecified atom stereocenters. The van der Waals surface area contributed by atoms with Gasteiger partial charge in [0.15, 0.2) is 0 Å². The Hall–Kier alpha value is -1.82. The van der Waals surface area contributed by atoms with Crippen LogP contribution in [0.25, 0.3) is 0 Å². The van der Waals surface area contributed by atoms with Gasteiger partial charge in [0, 0.05) is 10.2 Å². The van der Waals surface area contributed by atoms with E-state index in [1.54, 1.807) is 14.2 Å². The molecule has 20 heavy (non-hydrogen) atoms. The largest absolute Gasteiger partial charge is 0.481 e. The molecule has 2 aromatic rings. The molecule has 1 heterocycles. The Labute approximate surface area is 126 Å². The Morgan fingerprint density at radius 2 is 1.80 bits per heavy atom. The van der Waals surface area contributed by atoms with Gasteiger partial charge in [-0.05, 0) is 24.6 Å². The van der Waals surface area contributed by atoms with Crippen LogP contribution in [0.3, 0.4) is 0 Å². The van der Waals surface area contributed by atoms with Crippen molar-refractivity contribution in [2.45, 2.75) is 13.5 Å². The van der Waals surface area contributed by atoms with E-state index in [0.29, 0.717) is 18.3 Å². The fraction of sp³-hybridized carbons (Fsp3) is 0.286. The van der Waals surface area contributed by atoms with Crippen LogP contribution >= 0.6 is 15.9 Å². The first-order chi connectivity index (χ1) is 9.65. The normalized spacial score (nSPS) is 10.2. The van der Waals surface area contributed by atoms with Gasteiger partial charge < -0.3 is 14.8 Å². The summed E-state index contributed by atoms with van der Waals surface area (Å²) in [5, 5.41) is 3.31. The number of nitrogens with zero attached hydrogens (tertiary/aromatic N) is 2. The SMILES string of the molecule is COc1ncnc(OC)c1CNc1ccc(C)c(Br)c1. The van der Waals surface area contributed by atoms with Gasteiger partial charge in [-0.3, -0.25) is 0 Å². The van der Waals surface area contributed by atoms with Crippen molar-refractivity contribution >= 4 is 21.6 Å². The topological polar surface area (TPSA) is 56.3 Å². The van der Waals surface area contributed by atoms with E-state index in [9.17, 15) is 0 Å². The Morgan fingerprint density at radius 1 is 1.15 bits per heavy atom. The van der Waals surface area contributed by atoms with Crippen LogP contribution in [0.1, 0.15) is 11.1 Å². The molecule has 1 aromatic carbocycles. The van der Waals surface area contributed by atoms with E-state index >= 15 is 0 Å². The van der Waals surface area contributed by atoms with E-state index in [4.69, 9.17) is 9.47 Å². The molecule has 106 valence electrons. The minimum Gasteiger partial charge on any atom is -0.481 e. The van der Waals surface area contributed by atoms with Crippen LogP contribution in [0, 0.1) is 6.92 Å². The van der Waals surface area contributed by atoms with Gasteiger partial charge >= 0.3 is 0 Å². The molecule has 1 aromatic heterocycles. The maximum Gasteiger partial charge on any atom is 0.225 e. The summed E-state index contributed by atoms with van der Waals surface area (Å²) < 4.78 is 11.5. The Morgan fingerprint density at radius 3 is 2.35 bits per heavy atom. The number of ether oxygens (including phenoxy) is 2. The van der Waals surface area contributed by atoms with Gasteiger partial charge in [-0.2, -0.15) is 0 Å². The second-order valence-electron chi connectivity index (χ2n) is 4.19. The quantitative estimate of drug-likeness (QED) is 0.907. The number of aromatic nitrogens is 2. The maximum absolute atomic E-state index is 5.24. The Kier molecular flexibility index (Phi) is 4.79. The summed E-state index contributed by atoms with van der Waals surface area (Å²) in [7, 11) is 3.15. The first-order valence-corrected chi connectivity index (χ1v) is 6.87. The van der Waals surface area contributed by atoms with Crippen molar-refractivity contribution in [3.63, 3.8) is 0 Å². The first-order valence-electron chi connectivity index (χ1n) is 6.07. The number of aryl methyl sites for hydroxylation is 1. The molecule has 0 fully saturated rings. The van der Waals surface area contributed by atoms with Crippen molar-refractivity contribution in [2.24, 2.45) is 0 Å². The van der Waals surface area contributed by atoms with Gasteiger partial charge in [0.2, 0.25) is 11.8 Å². The maximum atomic E-state index is 5.24. The predicted octanol–water partition coefficient (Wildman–Crippen LogP) is 3.18. The fourth-order valence-electron chi connectivity index (χ4n) is 1.78. The monoisotopic (exact) mass is 337 g/mol. The van der Waals surface area contributed by atoms with Crippen LogP contribution in [0.4, 0.5) is 5.69 Å². The molecule has 5 nitrogen and oxygen atoms in total. The highest BCUT2D eigenvalue weighted by atomic mass is 79.9. The minimum atomic E-state index is 0.510. The van der Waals surface area contributed by atoms with Crippen LogP contribution in [-0.2, 0) is 6.54 Å². The summed E-state index contributed by atoms with van der Waals surface area (Å²) in [5.74, 6) is 1.02. The molecular formula is C14H16BrN3O2. The van der Waals surface area contributed by atoms with Crippen molar-refractivity contribution in [3.05, 3.63) is 40.1 Å². The highest BCUT2D eigenvalue weighted by Gasteiger charge is 2.12. The lowest BCUT2D eigenvalue weighted by Gasteiger charge is -2.12. The summed E-state index contributed by atoms with van der Waals surface area (Å²) >= 11 is 3.51. The van der Waals surface area contributed by atoms with Gasteiger partial charge in [-0.15, -0.1) is 0 Å². The van der Waals surface area contributed by atoms with E-state index in [0.717, 1.165) is 15.7 Å². The van der Waals surface area contributed by atoms with Crippen LogP contribution in [-0.4, -0.2) is 24.2 Å². The lowest BCUT2D eigenvalue weighted by atomic mass is 10.2. The second kappa shape index (κ2) is 6.56. The molecule has 0 aliphatic heterocycles. The molecular weight excluding hydrogens is 322 g/mol. The predicted molar refractivity (Wildman–Crippen MR) is 81.3 cm³/mol. The molecule has 2 rings (SSSR count). The molecule has 0 aliphatic rings. The zero-order valence-electron chi connectivity index (χ0n) is 11.6. The average molecular weight is 338 g/mol. The standard InChI is InChI=1S/C14H16BrN3O2/c1-9-4-5-10(6-12(9)15)16-7-11-13(19-2)17-8-18-14(11)20-3/h4-6,8,16H,7H2,1-3H3. The van der Waals surface area contributed by atoms with E-state index < -0.39 is 0 Å². The third-order valence-corrected chi connectivity index (χ3v) is 3.75. The van der Waals surface area contributed by atoms with Gasteiger partial charge in [0.05, 0.1) is 26.3 Å². The zero-order chi connectivity index (χ0) is 14.5. The first kappa shape index (κ1) is 14.6. The number of halogens is 1. The minimum absolute atomic E-state index is 0.510. The Balaban J connectivity index is 2.19. The van der Waals surface area contributed by atoms with Crippen molar-refractivity contribution in [2.75, 3.05) is 19.5 Å². The van der Waals surface area contributed by atoms with E-state index in [1.165, 1.54) is 11.9 Å². The summed E-state index contributed by atoms with van der Waals surface area (Å²) in [5.41, 5.74) is 2.97. The number of rotatable bonds is 5. The van der Waals surface area contributed by atoms with Crippen molar-refractivity contribution in [3.8, 4) is 11.8 Å². The highest BCUT2D eigenvalue weighted by molar-refractivity contribution is 9.10. The van der Waals surface area contributed by atoms with Crippen molar-refractivity contribution in [1.82, 2.24) is 9.97 Å². The third-order valence-electron chi connectivity index (χ3n) is 2.89. The zero-order valence-corrected chi connectivity index (χ0v) is 13.2. The molecule has 0 spiro atoms. The summed E-state index contributed by atoms with van der Waals surface area (Å²) in [6.07, 6.45) is 1.42. The molecule has 0 radical (unpaired) electrons. The fourth-order valence-corrected chi connectivity index (χ4v) is 2.16. The molecule has 0 aliphatic carbocycles. The van der Waals surface area contributed by atoms with Gasteiger partial charge in [0.1, 0.15) is 6.33 Å². The lowest BCUT2D eigenvalue weighted by molar-refractivity contribution is 0.363. The van der Waals surface area contributed by atoms with Gasteiger partial charge in [0.25, 0.3) is 0 Å². The number of hydrogen-bond acceptors (Lipinski definition) is 5. The molecule has 1 N–H and O–H groups in total. The summed E-state index contributed by atoms with van der Waals surface area (Å²) in [6.45, 7) is 2.56. The highest BCUT2D eigenvalue weighted by Crippen LogP contribution is 2.26. The lowest BCUT2D eigenvalue weighted by Crippen LogP contribution is -2.06. The summed E-state index contributed by atoms with van der Waals surface area (Å²) in [4.78, 5) is 8.17. The smallest absolute Gasteiger partial charge is 0.225 e. The molecule has 6 heteroatoms. The van der Waals surface area contributed by atoms with Crippen LogP contribution < -0.4 is 14.8 Å².